The van der Waals surface area contributed by atoms with Gasteiger partial charge in [0.1, 0.15) is 12.2 Å². The first-order valence-electron chi connectivity index (χ1n) is 7.04. The molecule has 2 unspecified atom stereocenters. The summed E-state index contributed by atoms with van der Waals surface area (Å²) in [5.41, 5.74) is 5.95. The van der Waals surface area contributed by atoms with Crippen molar-refractivity contribution < 1.29 is 18.0 Å². The van der Waals surface area contributed by atoms with E-state index in [1.54, 1.807) is 4.90 Å². The molecule has 0 radical (unpaired) electrons. The number of alkyl halides is 3. The van der Waals surface area contributed by atoms with Gasteiger partial charge in [-0.05, 0) is 37.8 Å². The van der Waals surface area contributed by atoms with E-state index in [1.165, 1.54) is 18.3 Å². The second-order valence-electron chi connectivity index (χ2n) is 5.65. The molecule has 1 aliphatic heterocycles. The SMILES string of the molecule is CC(N)C1CCCN(C(=O)c2cccn2CC(F)(F)F)C1. The van der Waals surface area contributed by atoms with E-state index in [2.05, 4.69) is 0 Å². The van der Waals surface area contributed by atoms with Crippen molar-refractivity contribution in [2.75, 3.05) is 13.1 Å². The van der Waals surface area contributed by atoms with Crippen molar-refractivity contribution in [3.63, 3.8) is 0 Å². The van der Waals surface area contributed by atoms with Gasteiger partial charge in [0.05, 0.1) is 0 Å². The number of hydrogen-bond donors (Lipinski definition) is 1. The number of nitrogens with zero attached hydrogens (tertiary/aromatic N) is 2. The van der Waals surface area contributed by atoms with Crippen LogP contribution >= 0.6 is 0 Å². The van der Waals surface area contributed by atoms with Crippen molar-refractivity contribution in [1.82, 2.24) is 9.47 Å². The maximum absolute atomic E-state index is 12.5. The van der Waals surface area contributed by atoms with Gasteiger partial charge < -0.3 is 15.2 Å². The van der Waals surface area contributed by atoms with E-state index in [4.69, 9.17) is 5.73 Å². The zero-order chi connectivity index (χ0) is 15.6. The number of aromatic nitrogens is 1. The predicted octanol–water partition coefficient (Wildman–Crippen LogP) is 2.25. The van der Waals surface area contributed by atoms with E-state index in [9.17, 15) is 18.0 Å². The van der Waals surface area contributed by atoms with Crippen molar-refractivity contribution in [1.29, 1.82) is 0 Å². The minimum atomic E-state index is -4.34. The summed E-state index contributed by atoms with van der Waals surface area (Å²) in [5, 5.41) is 0. The van der Waals surface area contributed by atoms with E-state index in [0.29, 0.717) is 13.1 Å². The third-order valence-corrected chi connectivity index (χ3v) is 3.89. The molecule has 0 aliphatic carbocycles. The lowest BCUT2D eigenvalue weighted by molar-refractivity contribution is -0.140. The third-order valence-electron chi connectivity index (χ3n) is 3.89. The first kappa shape index (κ1) is 15.9. The molecule has 1 fully saturated rings. The van der Waals surface area contributed by atoms with Crippen LogP contribution in [0.1, 0.15) is 30.3 Å². The molecule has 1 amide bonds. The Morgan fingerprint density at radius 2 is 2.24 bits per heavy atom. The van der Waals surface area contributed by atoms with Gasteiger partial charge in [-0.1, -0.05) is 0 Å². The van der Waals surface area contributed by atoms with Gasteiger partial charge in [0.2, 0.25) is 0 Å². The van der Waals surface area contributed by atoms with Gasteiger partial charge in [-0.2, -0.15) is 13.2 Å². The van der Waals surface area contributed by atoms with E-state index < -0.39 is 12.7 Å². The van der Waals surface area contributed by atoms with Crippen LogP contribution in [0.5, 0.6) is 0 Å². The molecule has 0 bridgehead atoms. The molecular weight excluding hydrogens is 283 g/mol. The van der Waals surface area contributed by atoms with Crippen LogP contribution in [-0.2, 0) is 6.54 Å². The maximum Gasteiger partial charge on any atom is 0.406 e. The lowest BCUT2D eigenvalue weighted by atomic mass is 9.92. The summed E-state index contributed by atoms with van der Waals surface area (Å²) < 4.78 is 38.5. The smallest absolute Gasteiger partial charge is 0.337 e. The zero-order valence-electron chi connectivity index (χ0n) is 11.9. The Balaban J connectivity index is 2.11. The number of piperidine rings is 1. The maximum atomic E-state index is 12.5. The highest BCUT2D eigenvalue weighted by atomic mass is 19.4. The van der Waals surface area contributed by atoms with Gasteiger partial charge in [-0.3, -0.25) is 4.79 Å². The fourth-order valence-electron chi connectivity index (χ4n) is 2.72. The summed E-state index contributed by atoms with van der Waals surface area (Å²) >= 11 is 0. The van der Waals surface area contributed by atoms with Crippen LogP contribution in [0.2, 0.25) is 0 Å². The van der Waals surface area contributed by atoms with Crippen molar-refractivity contribution in [3.8, 4) is 0 Å². The number of hydrogen-bond acceptors (Lipinski definition) is 2. The summed E-state index contributed by atoms with van der Waals surface area (Å²) in [7, 11) is 0. The van der Waals surface area contributed by atoms with Gasteiger partial charge in [0.25, 0.3) is 5.91 Å². The molecule has 7 heteroatoms. The lowest BCUT2D eigenvalue weighted by Gasteiger charge is -2.34. The molecule has 1 saturated heterocycles. The van der Waals surface area contributed by atoms with Crippen LogP contribution in [-0.4, -0.2) is 40.7 Å². The van der Waals surface area contributed by atoms with Crippen LogP contribution in [0.3, 0.4) is 0 Å². The number of rotatable bonds is 3. The van der Waals surface area contributed by atoms with Crippen LogP contribution in [0.15, 0.2) is 18.3 Å². The first-order chi connectivity index (χ1) is 9.78. The number of halogens is 3. The molecule has 1 aliphatic rings. The van der Waals surface area contributed by atoms with E-state index in [1.807, 2.05) is 6.92 Å². The Bertz CT molecular complexity index is 496. The van der Waals surface area contributed by atoms with Crippen LogP contribution in [0, 0.1) is 5.92 Å². The fourth-order valence-corrected chi connectivity index (χ4v) is 2.72. The number of nitrogens with two attached hydrogens (primary N) is 1. The normalized spacial score (nSPS) is 21.4. The fraction of sp³-hybridized carbons (Fsp3) is 0.643. The quantitative estimate of drug-likeness (QED) is 0.931. The van der Waals surface area contributed by atoms with Crippen molar-refractivity contribution >= 4 is 5.91 Å². The van der Waals surface area contributed by atoms with Crippen LogP contribution < -0.4 is 5.73 Å². The molecule has 2 atom stereocenters. The Hall–Kier alpha value is -1.50. The molecule has 2 rings (SSSR count). The second kappa shape index (κ2) is 6.09. The topological polar surface area (TPSA) is 51.3 Å². The van der Waals surface area contributed by atoms with Gasteiger partial charge in [-0.15, -0.1) is 0 Å². The average molecular weight is 303 g/mol. The highest BCUT2D eigenvalue weighted by Crippen LogP contribution is 2.23. The molecule has 0 saturated carbocycles. The second-order valence-corrected chi connectivity index (χ2v) is 5.65. The molecule has 0 spiro atoms. The van der Waals surface area contributed by atoms with Crippen molar-refractivity contribution in [2.45, 2.75) is 38.5 Å². The number of amides is 1. The summed E-state index contributed by atoms with van der Waals surface area (Å²) in [6, 6.07) is 2.87. The number of carbonyl (C=O) groups is 1. The monoisotopic (exact) mass is 303 g/mol. The van der Waals surface area contributed by atoms with Crippen LogP contribution in [0.4, 0.5) is 13.2 Å². The molecule has 118 valence electrons. The Labute approximate surface area is 121 Å². The average Bonchev–Trinajstić information content (AvgIpc) is 2.83. The molecule has 1 aromatic rings. The van der Waals surface area contributed by atoms with Gasteiger partial charge in [-0.25, -0.2) is 0 Å². The van der Waals surface area contributed by atoms with E-state index in [0.717, 1.165) is 17.4 Å². The molecule has 0 aromatic carbocycles. The first-order valence-corrected chi connectivity index (χ1v) is 7.04. The van der Waals surface area contributed by atoms with E-state index in [-0.39, 0.29) is 23.6 Å². The van der Waals surface area contributed by atoms with Gasteiger partial charge >= 0.3 is 6.18 Å². The minimum absolute atomic E-state index is 0.0254. The molecule has 1 aromatic heterocycles. The molecule has 4 nitrogen and oxygen atoms in total. The zero-order valence-corrected chi connectivity index (χ0v) is 11.9. The van der Waals surface area contributed by atoms with E-state index >= 15 is 0 Å². The largest absolute Gasteiger partial charge is 0.406 e. The summed E-state index contributed by atoms with van der Waals surface area (Å²) in [5.74, 6) is -0.150. The molecule has 2 N–H and O–H groups in total. The van der Waals surface area contributed by atoms with Crippen LogP contribution in [0.25, 0.3) is 0 Å². The highest BCUT2D eigenvalue weighted by Gasteiger charge is 2.32. The molecule has 21 heavy (non-hydrogen) atoms. The summed E-state index contributed by atoms with van der Waals surface area (Å²) in [6.07, 6.45) is -1.28. The Morgan fingerprint density at radius 1 is 1.52 bits per heavy atom. The Morgan fingerprint density at radius 3 is 2.86 bits per heavy atom. The third kappa shape index (κ3) is 4.00. The molecular formula is C14H20F3N3O. The summed E-state index contributed by atoms with van der Waals surface area (Å²) in [6.45, 7) is 1.82. The van der Waals surface area contributed by atoms with Gasteiger partial charge in [0, 0.05) is 25.3 Å². The minimum Gasteiger partial charge on any atom is -0.337 e. The van der Waals surface area contributed by atoms with Crippen molar-refractivity contribution in [2.24, 2.45) is 11.7 Å². The standard InChI is InChI=1S/C14H20F3N3O/c1-10(18)11-4-2-6-19(8-11)13(21)12-5-3-7-20(12)9-14(15,16)17/h3,5,7,10-11H,2,4,6,8-9,18H2,1H3. The molecule has 2 heterocycles. The van der Waals surface area contributed by atoms with Crippen molar-refractivity contribution in [3.05, 3.63) is 24.0 Å². The predicted molar refractivity (Wildman–Crippen MR) is 72.8 cm³/mol. The summed E-state index contributed by atoms with van der Waals surface area (Å²) in [4.78, 5) is 14.0. The number of likely N-dealkylation sites (tertiary alicyclic amines) is 1. The lowest BCUT2D eigenvalue weighted by Crippen LogP contribution is -2.45. The van der Waals surface area contributed by atoms with Gasteiger partial charge in [0.15, 0.2) is 0 Å². The number of carbonyl (C=O) groups excluding carboxylic acids is 1. The highest BCUT2D eigenvalue weighted by molar-refractivity contribution is 5.92. The Kier molecular flexibility index (Phi) is 4.61.